The van der Waals surface area contributed by atoms with Gasteiger partial charge in [0.1, 0.15) is 11.7 Å². The minimum Gasteiger partial charge on any atom is -0.394 e. The second kappa shape index (κ2) is 5.54. The molecule has 25 heavy (non-hydrogen) atoms. The van der Waals surface area contributed by atoms with E-state index in [2.05, 4.69) is 33.8 Å². The Hall–Kier alpha value is -0.420. The summed E-state index contributed by atoms with van der Waals surface area (Å²) in [6.07, 6.45) is 8.93. The Morgan fingerprint density at radius 2 is 1.96 bits per heavy atom. The van der Waals surface area contributed by atoms with E-state index < -0.39 is 11.6 Å². The second-order valence-electron chi connectivity index (χ2n) is 9.85. The Kier molecular flexibility index (Phi) is 3.98. The Balaban J connectivity index is 1.79. The summed E-state index contributed by atoms with van der Waals surface area (Å²) in [6.45, 7) is 9.41. The molecule has 2 heterocycles. The Labute approximate surface area is 151 Å². The third-order valence-electron chi connectivity index (χ3n) is 8.08. The summed E-state index contributed by atoms with van der Waals surface area (Å²) in [7, 11) is 1.67. The lowest BCUT2D eigenvalue weighted by atomic mass is 9.48. The van der Waals surface area contributed by atoms with Crippen molar-refractivity contribution in [2.45, 2.75) is 83.9 Å². The highest BCUT2D eigenvalue weighted by Gasteiger charge is 2.64. The van der Waals surface area contributed by atoms with Crippen LogP contribution >= 0.6 is 0 Å². The van der Waals surface area contributed by atoms with Crippen molar-refractivity contribution in [2.24, 2.45) is 22.7 Å². The zero-order valence-corrected chi connectivity index (χ0v) is 16.4. The molecule has 4 rings (SSSR count). The van der Waals surface area contributed by atoms with Gasteiger partial charge in [0.2, 0.25) is 0 Å². The van der Waals surface area contributed by atoms with E-state index in [-0.39, 0.29) is 18.1 Å². The molecule has 0 aromatic carbocycles. The summed E-state index contributed by atoms with van der Waals surface area (Å²) in [6, 6.07) is 0. The van der Waals surface area contributed by atoms with Gasteiger partial charge in [-0.2, -0.15) is 0 Å². The normalized spacial score (nSPS) is 51.3. The Morgan fingerprint density at radius 1 is 1.20 bits per heavy atom. The fourth-order valence-electron chi connectivity index (χ4n) is 6.65. The molecule has 1 N–H and O–H groups in total. The van der Waals surface area contributed by atoms with Crippen molar-refractivity contribution in [1.29, 1.82) is 0 Å². The minimum absolute atomic E-state index is 0.0352. The molecule has 6 atom stereocenters. The zero-order valence-electron chi connectivity index (χ0n) is 16.4. The molecule has 0 unspecified atom stereocenters. The smallest absolute Gasteiger partial charge is 0.308 e. The second-order valence-corrected chi connectivity index (χ2v) is 9.85. The van der Waals surface area contributed by atoms with Crippen LogP contribution in [0.2, 0.25) is 0 Å². The van der Waals surface area contributed by atoms with E-state index in [0.717, 1.165) is 19.3 Å². The summed E-state index contributed by atoms with van der Waals surface area (Å²) < 4.78 is 18.5. The molecule has 0 radical (unpaired) electrons. The molecule has 4 nitrogen and oxygen atoms in total. The molecular formula is C21H34O4. The summed E-state index contributed by atoms with van der Waals surface area (Å²) >= 11 is 0. The maximum Gasteiger partial charge on any atom is 0.308 e. The van der Waals surface area contributed by atoms with Crippen LogP contribution < -0.4 is 0 Å². The Bertz CT molecular complexity index is 584. The van der Waals surface area contributed by atoms with Gasteiger partial charge in [0.15, 0.2) is 0 Å². The van der Waals surface area contributed by atoms with Crippen LogP contribution in [0.25, 0.3) is 0 Å². The molecule has 0 aromatic rings. The molecule has 2 saturated heterocycles. The van der Waals surface area contributed by atoms with Gasteiger partial charge in [-0.3, -0.25) is 0 Å². The number of rotatable bonds is 2. The van der Waals surface area contributed by atoms with E-state index in [9.17, 15) is 5.11 Å². The molecule has 142 valence electrons. The van der Waals surface area contributed by atoms with Crippen LogP contribution in [-0.2, 0) is 14.2 Å². The predicted molar refractivity (Wildman–Crippen MR) is 95.8 cm³/mol. The van der Waals surface area contributed by atoms with Crippen LogP contribution in [0.15, 0.2) is 11.6 Å². The summed E-state index contributed by atoms with van der Waals surface area (Å²) in [4.78, 5) is 0. The van der Waals surface area contributed by atoms with Gasteiger partial charge in [-0.25, -0.2) is 0 Å². The number of aliphatic hydroxyl groups excluding tert-OH is 1. The van der Waals surface area contributed by atoms with Crippen molar-refractivity contribution < 1.29 is 19.3 Å². The van der Waals surface area contributed by atoms with Crippen LogP contribution in [0.1, 0.15) is 66.2 Å². The molecule has 2 aliphatic carbocycles. The number of allylic oxidation sites excluding steroid dienone is 1. The van der Waals surface area contributed by atoms with Gasteiger partial charge in [0.05, 0.1) is 6.61 Å². The first-order chi connectivity index (χ1) is 11.7. The lowest BCUT2D eigenvalue weighted by Crippen LogP contribution is -2.52. The fourth-order valence-corrected chi connectivity index (χ4v) is 6.65. The average Bonchev–Trinajstić information content (AvgIpc) is 2.77. The first kappa shape index (κ1) is 18.0. The molecule has 0 amide bonds. The largest absolute Gasteiger partial charge is 0.394 e. The maximum absolute atomic E-state index is 9.80. The van der Waals surface area contributed by atoms with Crippen molar-refractivity contribution in [3.63, 3.8) is 0 Å². The van der Waals surface area contributed by atoms with E-state index in [1.807, 2.05) is 0 Å². The van der Waals surface area contributed by atoms with Crippen LogP contribution in [-0.4, -0.2) is 36.5 Å². The molecular weight excluding hydrogens is 316 g/mol. The van der Waals surface area contributed by atoms with E-state index >= 15 is 0 Å². The summed E-state index contributed by atoms with van der Waals surface area (Å²) in [5, 5.41) is 9.80. The number of aliphatic hydroxyl groups is 1. The van der Waals surface area contributed by atoms with Gasteiger partial charge in [0.25, 0.3) is 0 Å². The topological polar surface area (TPSA) is 47.9 Å². The van der Waals surface area contributed by atoms with Crippen LogP contribution in [0.5, 0.6) is 0 Å². The molecule has 2 aliphatic heterocycles. The lowest BCUT2D eigenvalue weighted by Gasteiger charge is -2.58. The van der Waals surface area contributed by atoms with Gasteiger partial charge < -0.3 is 19.3 Å². The quantitative estimate of drug-likeness (QED) is 0.764. The number of ether oxygens (including phenoxy) is 3. The highest BCUT2D eigenvalue weighted by molar-refractivity contribution is 5.27. The van der Waals surface area contributed by atoms with Crippen LogP contribution in [0, 0.1) is 22.7 Å². The van der Waals surface area contributed by atoms with Crippen LogP contribution in [0.4, 0.5) is 0 Å². The lowest BCUT2D eigenvalue weighted by molar-refractivity contribution is -0.315. The zero-order chi connectivity index (χ0) is 18.1. The molecule has 4 aliphatic rings. The molecule has 0 spiro atoms. The van der Waals surface area contributed by atoms with E-state index in [1.54, 1.807) is 7.11 Å². The molecule has 0 aromatic heterocycles. The van der Waals surface area contributed by atoms with Crippen molar-refractivity contribution in [2.75, 3.05) is 13.7 Å². The number of fused-ring (bicyclic) bond motifs is 6. The predicted octanol–water partition coefficient (Wildman–Crippen LogP) is 4.03. The third kappa shape index (κ3) is 2.33. The van der Waals surface area contributed by atoms with Crippen LogP contribution in [0.3, 0.4) is 0 Å². The third-order valence-corrected chi connectivity index (χ3v) is 8.08. The van der Waals surface area contributed by atoms with Crippen molar-refractivity contribution in [3.8, 4) is 0 Å². The maximum atomic E-state index is 9.80. The monoisotopic (exact) mass is 350 g/mol. The standard InChI is InChI=1S/C21H34O4/c1-18(2)10-6-11-19(3)14-9-12-20(4)17(13-22)24-21(23-5,25-20)15(14)7-8-16(18)19/h7,14,16-17,22H,6,8-13H2,1-5H3/t14-,16-,17+,19+,20-,21-/m0/s1. The summed E-state index contributed by atoms with van der Waals surface area (Å²) in [5.41, 5.74) is 1.32. The molecule has 4 heteroatoms. The number of hydrogen-bond donors (Lipinski definition) is 1. The van der Waals surface area contributed by atoms with Gasteiger partial charge in [0, 0.05) is 12.7 Å². The first-order valence-corrected chi connectivity index (χ1v) is 9.95. The summed E-state index contributed by atoms with van der Waals surface area (Å²) in [5.74, 6) is 0.000485. The molecule has 1 saturated carbocycles. The number of hydrogen-bond acceptors (Lipinski definition) is 4. The van der Waals surface area contributed by atoms with E-state index in [0.29, 0.717) is 17.3 Å². The van der Waals surface area contributed by atoms with Gasteiger partial charge in [-0.15, -0.1) is 0 Å². The van der Waals surface area contributed by atoms with Crippen molar-refractivity contribution in [1.82, 2.24) is 0 Å². The van der Waals surface area contributed by atoms with Gasteiger partial charge in [-0.1, -0.05) is 33.3 Å². The SMILES string of the molecule is CO[C@]12O[C@H](CO)[C@](C)(CC[C@H]3C1=CC[C@H]1C(C)(C)CCC[C@]31C)O2. The highest BCUT2D eigenvalue weighted by atomic mass is 16.9. The van der Waals surface area contributed by atoms with E-state index in [4.69, 9.17) is 14.2 Å². The highest BCUT2D eigenvalue weighted by Crippen LogP contribution is 2.64. The van der Waals surface area contributed by atoms with Gasteiger partial charge >= 0.3 is 5.97 Å². The first-order valence-electron chi connectivity index (χ1n) is 9.95. The van der Waals surface area contributed by atoms with Crippen molar-refractivity contribution in [3.05, 3.63) is 11.6 Å². The van der Waals surface area contributed by atoms with Gasteiger partial charge in [-0.05, 0) is 61.7 Å². The Morgan fingerprint density at radius 3 is 2.64 bits per heavy atom. The molecule has 2 bridgehead atoms. The average molecular weight is 350 g/mol. The molecule has 3 fully saturated rings. The number of methoxy groups -OCH3 is 1. The van der Waals surface area contributed by atoms with E-state index in [1.165, 1.54) is 24.8 Å². The fraction of sp³-hybridized carbons (Fsp3) is 0.905. The minimum atomic E-state index is -1.11. The van der Waals surface area contributed by atoms with Crippen molar-refractivity contribution >= 4 is 0 Å².